The van der Waals surface area contributed by atoms with Crippen LogP contribution in [0.1, 0.15) is 36.5 Å². The lowest BCUT2D eigenvalue weighted by Gasteiger charge is -2.29. The average Bonchev–Trinajstić information content (AvgIpc) is 2.95. The number of anilines is 2. The number of sulfonamides is 1. The first-order valence-electron chi connectivity index (χ1n) is 11.6. The Morgan fingerprint density at radius 2 is 1.83 bits per heavy atom. The molecule has 3 aromatic carbocycles. The SMILES string of the molecule is CCCCC1CN(c2ccccc2)c2cc(SC)c(-c3cccc(C(=O)O)c3)cc2S(=O)(=O)N1C. The second-order valence-corrected chi connectivity index (χ2v) is 11.5. The monoisotopic (exact) mass is 510 g/mol. The lowest BCUT2D eigenvalue weighted by Crippen LogP contribution is -2.40. The minimum Gasteiger partial charge on any atom is -0.478 e. The highest BCUT2D eigenvalue weighted by atomic mass is 32.2. The fourth-order valence-electron chi connectivity index (χ4n) is 4.52. The topological polar surface area (TPSA) is 77.9 Å². The summed E-state index contributed by atoms with van der Waals surface area (Å²) in [7, 11) is -2.13. The zero-order valence-corrected chi connectivity index (χ0v) is 21.8. The predicted molar refractivity (Wildman–Crippen MR) is 142 cm³/mol. The Labute approximate surface area is 211 Å². The van der Waals surface area contributed by atoms with Crippen molar-refractivity contribution in [3.05, 3.63) is 72.3 Å². The molecule has 0 aliphatic carbocycles. The van der Waals surface area contributed by atoms with Crippen molar-refractivity contribution in [3.63, 3.8) is 0 Å². The van der Waals surface area contributed by atoms with E-state index in [2.05, 4.69) is 11.8 Å². The van der Waals surface area contributed by atoms with Crippen LogP contribution in [0.2, 0.25) is 0 Å². The molecule has 3 aromatic rings. The van der Waals surface area contributed by atoms with Crippen LogP contribution >= 0.6 is 11.8 Å². The van der Waals surface area contributed by atoms with Gasteiger partial charge in [-0.1, -0.05) is 50.1 Å². The molecule has 1 heterocycles. The molecule has 1 aliphatic rings. The summed E-state index contributed by atoms with van der Waals surface area (Å²) >= 11 is 1.51. The van der Waals surface area contributed by atoms with Gasteiger partial charge in [0.15, 0.2) is 0 Å². The molecule has 0 bridgehead atoms. The summed E-state index contributed by atoms with van der Waals surface area (Å²) in [5.41, 5.74) is 3.12. The van der Waals surface area contributed by atoms with E-state index in [9.17, 15) is 18.3 Å². The van der Waals surface area contributed by atoms with Crippen molar-refractivity contribution in [2.75, 3.05) is 24.7 Å². The number of hydrogen-bond donors (Lipinski definition) is 1. The summed E-state index contributed by atoms with van der Waals surface area (Å²) < 4.78 is 29.4. The number of carbonyl (C=O) groups is 1. The van der Waals surface area contributed by atoms with Gasteiger partial charge in [0.1, 0.15) is 4.90 Å². The molecule has 1 atom stereocenters. The largest absolute Gasteiger partial charge is 0.478 e. The average molecular weight is 511 g/mol. The zero-order valence-electron chi connectivity index (χ0n) is 20.1. The number of carboxylic acid groups (broad SMARTS) is 1. The number of likely N-dealkylation sites (N-methyl/N-ethyl adjacent to an activating group) is 1. The maximum absolute atomic E-state index is 13.9. The maximum Gasteiger partial charge on any atom is 0.335 e. The number of rotatable bonds is 7. The molecule has 8 heteroatoms. The van der Waals surface area contributed by atoms with Crippen LogP contribution in [0.25, 0.3) is 11.1 Å². The third-order valence-corrected chi connectivity index (χ3v) is 9.23. The summed E-state index contributed by atoms with van der Waals surface area (Å²) in [6.45, 7) is 2.66. The van der Waals surface area contributed by atoms with Gasteiger partial charge in [-0.05, 0) is 60.2 Å². The standard InChI is InChI=1S/C27H30N2O4S2/c1-4-5-12-22-18-29(21-13-7-6-8-14-21)24-17-25(34-3)23(16-26(24)35(32,33)28(22)2)19-10-9-11-20(15-19)27(30)31/h6-11,13-17,22H,4-5,12,18H2,1-3H3,(H,30,31). The molecule has 0 radical (unpaired) electrons. The van der Waals surface area contributed by atoms with Crippen LogP contribution in [0.5, 0.6) is 0 Å². The molecule has 4 rings (SSSR count). The van der Waals surface area contributed by atoms with Crippen LogP contribution in [-0.4, -0.2) is 49.7 Å². The number of thioether (sulfide) groups is 1. The van der Waals surface area contributed by atoms with Crippen LogP contribution in [0, 0.1) is 0 Å². The van der Waals surface area contributed by atoms with Gasteiger partial charge in [-0.3, -0.25) is 0 Å². The van der Waals surface area contributed by atoms with Gasteiger partial charge < -0.3 is 10.0 Å². The highest BCUT2D eigenvalue weighted by Gasteiger charge is 2.37. The number of hydrogen-bond acceptors (Lipinski definition) is 5. The third-order valence-electron chi connectivity index (χ3n) is 6.52. The Balaban J connectivity index is 1.97. The van der Waals surface area contributed by atoms with E-state index < -0.39 is 16.0 Å². The lowest BCUT2D eigenvalue weighted by molar-refractivity contribution is 0.0697. The minimum atomic E-state index is -3.79. The van der Waals surface area contributed by atoms with Crippen molar-refractivity contribution >= 4 is 39.1 Å². The van der Waals surface area contributed by atoms with E-state index in [0.717, 1.165) is 29.8 Å². The van der Waals surface area contributed by atoms with Crippen LogP contribution in [0.4, 0.5) is 11.4 Å². The maximum atomic E-state index is 13.9. The quantitative estimate of drug-likeness (QED) is 0.387. The molecule has 6 nitrogen and oxygen atoms in total. The van der Waals surface area contributed by atoms with Crippen molar-refractivity contribution in [2.24, 2.45) is 0 Å². The summed E-state index contributed by atoms with van der Waals surface area (Å²) in [5, 5.41) is 9.48. The molecular formula is C27H30N2O4S2. The molecule has 0 saturated heterocycles. The van der Waals surface area contributed by atoms with E-state index >= 15 is 0 Å². The third kappa shape index (κ3) is 4.96. The van der Waals surface area contributed by atoms with Crippen molar-refractivity contribution in [3.8, 4) is 11.1 Å². The van der Waals surface area contributed by atoms with Gasteiger partial charge in [-0.25, -0.2) is 13.2 Å². The van der Waals surface area contributed by atoms with Crippen molar-refractivity contribution < 1.29 is 18.3 Å². The molecule has 1 N–H and O–H groups in total. The lowest BCUT2D eigenvalue weighted by atomic mass is 10.0. The van der Waals surface area contributed by atoms with Crippen LogP contribution in [-0.2, 0) is 10.0 Å². The summed E-state index contributed by atoms with van der Waals surface area (Å²) in [6, 6.07) is 20.0. The second-order valence-electron chi connectivity index (χ2n) is 8.67. The van der Waals surface area contributed by atoms with Gasteiger partial charge in [0, 0.05) is 30.2 Å². The van der Waals surface area contributed by atoms with Crippen molar-refractivity contribution in [1.82, 2.24) is 4.31 Å². The fourth-order valence-corrected chi connectivity index (χ4v) is 6.72. The second kappa shape index (κ2) is 10.4. The zero-order chi connectivity index (χ0) is 25.2. The fraction of sp³-hybridized carbons (Fsp3) is 0.296. The molecule has 35 heavy (non-hydrogen) atoms. The molecule has 1 aliphatic heterocycles. The summed E-state index contributed by atoms with van der Waals surface area (Å²) in [4.78, 5) is 14.8. The Bertz CT molecular complexity index is 1330. The number of benzene rings is 3. The summed E-state index contributed by atoms with van der Waals surface area (Å²) in [5.74, 6) is -1.02. The van der Waals surface area contributed by atoms with Gasteiger partial charge >= 0.3 is 5.97 Å². The Hall–Kier alpha value is -2.81. The highest BCUT2D eigenvalue weighted by Crippen LogP contribution is 2.43. The van der Waals surface area contributed by atoms with Gasteiger partial charge in [0.2, 0.25) is 10.0 Å². The van der Waals surface area contributed by atoms with E-state index in [-0.39, 0.29) is 16.5 Å². The van der Waals surface area contributed by atoms with Gasteiger partial charge in [0.25, 0.3) is 0 Å². The first-order valence-corrected chi connectivity index (χ1v) is 14.3. The van der Waals surface area contributed by atoms with Crippen LogP contribution in [0.3, 0.4) is 0 Å². The molecule has 1 unspecified atom stereocenters. The molecule has 0 fully saturated rings. The molecule has 0 saturated carbocycles. The van der Waals surface area contributed by atoms with E-state index in [0.29, 0.717) is 23.4 Å². The van der Waals surface area contributed by atoms with Gasteiger partial charge in [-0.2, -0.15) is 4.31 Å². The number of unbranched alkanes of at least 4 members (excludes halogenated alkanes) is 1. The summed E-state index contributed by atoms with van der Waals surface area (Å²) in [6.07, 6.45) is 4.64. The number of aromatic carboxylic acids is 1. The van der Waals surface area contributed by atoms with Gasteiger partial charge in [0.05, 0.1) is 11.3 Å². The predicted octanol–water partition coefficient (Wildman–Crippen LogP) is 6.10. The first-order chi connectivity index (χ1) is 16.8. The molecule has 0 aromatic heterocycles. The minimum absolute atomic E-state index is 0.162. The van der Waals surface area contributed by atoms with Crippen molar-refractivity contribution in [2.45, 2.75) is 42.0 Å². The first kappa shape index (κ1) is 25.3. The number of carboxylic acids is 1. The number of fused-ring (bicyclic) bond motifs is 1. The molecule has 0 amide bonds. The molecule has 0 spiro atoms. The highest BCUT2D eigenvalue weighted by molar-refractivity contribution is 7.98. The Morgan fingerprint density at radius 1 is 1.09 bits per heavy atom. The van der Waals surface area contributed by atoms with E-state index in [4.69, 9.17) is 0 Å². The van der Waals surface area contributed by atoms with E-state index in [1.165, 1.54) is 22.1 Å². The Kier molecular flexibility index (Phi) is 7.54. The van der Waals surface area contributed by atoms with Crippen LogP contribution in [0.15, 0.2) is 76.5 Å². The van der Waals surface area contributed by atoms with E-state index in [1.807, 2.05) is 48.7 Å². The number of nitrogens with zero attached hydrogens (tertiary/aromatic N) is 2. The smallest absolute Gasteiger partial charge is 0.335 e. The van der Waals surface area contributed by atoms with Crippen molar-refractivity contribution in [1.29, 1.82) is 0 Å². The van der Waals surface area contributed by atoms with E-state index in [1.54, 1.807) is 25.2 Å². The number of para-hydroxylation sites is 1. The Morgan fingerprint density at radius 3 is 2.49 bits per heavy atom. The normalized spacial score (nSPS) is 17.6. The van der Waals surface area contributed by atoms with Gasteiger partial charge in [-0.15, -0.1) is 11.8 Å². The van der Waals surface area contributed by atoms with Crippen LogP contribution < -0.4 is 4.90 Å². The molecular weight excluding hydrogens is 480 g/mol. The molecule has 184 valence electrons.